The quantitative estimate of drug-likeness (QED) is 0.0321. The van der Waals surface area contributed by atoms with Crippen molar-refractivity contribution in [3.63, 3.8) is 0 Å². The van der Waals surface area contributed by atoms with Crippen LogP contribution in [0.1, 0.15) is 309 Å². The van der Waals surface area contributed by atoms with Crippen molar-refractivity contribution in [3.05, 3.63) is 24.3 Å². The van der Waals surface area contributed by atoms with Crippen molar-refractivity contribution < 1.29 is 24.5 Å². The van der Waals surface area contributed by atoms with Crippen LogP contribution in [0.15, 0.2) is 24.3 Å². The maximum atomic E-state index is 12.4. The SMILES string of the molecule is CCCCC/C=C\CCCCCCCC(=O)OCCCCCCCCCCCCCCCCCCCCCCCCCCC(=O)NC(CO)C(O)/C=C/CCCCCCCCCCC. The Morgan fingerprint density at radius 1 is 0.422 bits per heavy atom. The third-order valence-electron chi connectivity index (χ3n) is 13.2. The number of aliphatic hydroxyl groups is 2. The standard InChI is InChI=1S/C58H111NO5/c1-3-5-7-9-11-13-15-32-36-40-44-48-52-58(63)64-53-49-45-41-37-33-29-27-25-23-21-19-17-16-18-20-22-24-26-28-31-35-39-43-47-51-57(62)59-55(54-60)56(61)50-46-42-38-34-30-14-12-10-8-6-4-2/h11,13,46,50,55-56,60-61H,3-10,12,14-45,47-49,51-54H2,1-2H3,(H,59,62)/b13-11-,50-46+. The molecule has 64 heavy (non-hydrogen) atoms. The number of carbonyl (C=O) groups excluding carboxylic acids is 2. The van der Waals surface area contributed by atoms with Crippen molar-refractivity contribution in [2.24, 2.45) is 0 Å². The predicted octanol–water partition coefficient (Wildman–Crippen LogP) is 17.5. The highest BCUT2D eigenvalue weighted by atomic mass is 16.5. The van der Waals surface area contributed by atoms with Crippen molar-refractivity contribution in [3.8, 4) is 0 Å². The number of amides is 1. The molecule has 0 radical (unpaired) electrons. The molecule has 0 bridgehead atoms. The fourth-order valence-electron chi connectivity index (χ4n) is 8.81. The van der Waals surface area contributed by atoms with Crippen LogP contribution in [0.5, 0.6) is 0 Å². The van der Waals surface area contributed by atoms with Gasteiger partial charge >= 0.3 is 5.97 Å². The molecule has 2 unspecified atom stereocenters. The third-order valence-corrected chi connectivity index (χ3v) is 13.2. The highest BCUT2D eigenvalue weighted by Gasteiger charge is 2.18. The Bertz CT molecular complexity index is 997. The fourth-order valence-corrected chi connectivity index (χ4v) is 8.81. The fraction of sp³-hybridized carbons (Fsp3) is 0.897. The van der Waals surface area contributed by atoms with E-state index in [1.807, 2.05) is 6.08 Å². The first-order valence-electron chi connectivity index (χ1n) is 28.6. The maximum absolute atomic E-state index is 12.4. The van der Waals surface area contributed by atoms with Crippen LogP contribution in [0.3, 0.4) is 0 Å². The van der Waals surface area contributed by atoms with Gasteiger partial charge in [0.2, 0.25) is 5.91 Å². The molecule has 0 aromatic heterocycles. The number of rotatable bonds is 53. The van der Waals surface area contributed by atoms with Gasteiger partial charge in [0, 0.05) is 12.8 Å². The second kappa shape index (κ2) is 54.0. The minimum Gasteiger partial charge on any atom is -0.466 e. The van der Waals surface area contributed by atoms with Gasteiger partial charge in [-0.15, -0.1) is 0 Å². The molecular weight excluding hydrogens is 791 g/mol. The van der Waals surface area contributed by atoms with Crippen LogP contribution in [-0.4, -0.2) is 47.4 Å². The molecule has 0 spiro atoms. The average Bonchev–Trinajstić information content (AvgIpc) is 3.29. The number of carbonyl (C=O) groups is 2. The summed E-state index contributed by atoms with van der Waals surface area (Å²) in [5, 5.41) is 23.0. The summed E-state index contributed by atoms with van der Waals surface area (Å²) in [5.74, 6) is -0.0630. The Hall–Kier alpha value is -1.66. The summed E-state index contributed by atoms with van der Waals surface area (Å²) >= 11 is 0. The number of allylic oxidation sites excluding steroid dienone is 3. The van der Waals surface area contributed by atoms with Gasteiger partial charge in [-0.1, -0.05) is 263 Å². The molecule has 1 amide bonds. The maximum Gasteiger partial charge on any atom is 0.305 e. The van der Waals surface area contributed by atoms with Gasteiger partial charge in [0.1, 0.15) is 0 Å². The normalized spacial score (nSPS) is 12.8. The monoisotopic (exact) mass is 902 g/mol. The van der Waals surface area contributed by atoms with Gasteiger partial charge in [-0.3, -0.25) is 9.59 Å². The van der Waals surface area contributed by atoms with Crippen molar-refractivity contribution in [2.45, 2.75) is 321 Å². The first kappa shape index (κ1) is 62.3. The summed E-state index contributed by atoms with van der Waals surface area (Å²) in [6, 6.07) is -0.625. The van der Waals surface area contributed by atoms with E-state index in [0.29, 0.717) is 19.4 Å². The van der Waals surface area contributed by atoms with Crippen molar-refractivity contribution >= 4 is 11.9 Å². The zero-order valence-electron chi connectivity index (χ0n) is 43.0. The summed E-state index contributed by atoms with van der Waals surface area (Å²) in [7, 11) is 0. The van der Waals surface area contributed by atoms with Crippen LogP contribution in [0.25, 0.3) is 0 Å². The molecule has 0 heterocycles. The van der Waals surface area contributed by atoms with Crippen LogP contribution in [0.4, 0.5) is 0 Å². The van der Waals surface area contributed by atoms with Crippen molar-refractivity contribution in [1.29, 1.82) is 0 Å². The van der Waals surface area contributed by atoms with Gasteiger partial charge < -0.3 is 20.3 Å². The molecule has 0 aliphatic rings. The highest BCUT2D eigenvalue weighted by Crippen LogP contribution is 2.17. The minimum absolute atomic E-state index is 0.00467. The lowest BCUT2D eigenvalue weighted by Gasteiger charge is -2.20. The zero-order chi connectivity index (χ0) is 46.5. The molecule has 0 aliphatic carbocycles. The molecule has 0 saturated carbocycles. The van der Waals surface area contributed by atoms with Crippen LogP contribution in [-0.2, 0) is 14.3 Å². The lowest BCUT2D eigenvalue weighted by atomic mass is 10.0. The van der Waals surface area contributed by atoms with E-state index in [-0.39, 0.29) is 18.5 Å². The van der Waals surface area contributed by atoms with E-state index in [0.717, 1.165) is 44.9 Å². The van der Waals surface area contributed by atoms with Gasteiger partial charge in [-0.05, 0) is 57.8 Å². The molecule has 0 aliphatic heterocycles. The van der Waals surface area contributed by atoms with Gasteiger partial charge in [0.15, 0.2) is 0 Å². The Kier molecular flexibility index (Phi) is 52.6. The second-order valence-electron chi connectivity index (χ2n) is 19.6. The highest BCUT2D eigenvalue weighted by molar-refractivity contribution is 5.76. The first-order valence-corrected chi connectivity index (χ1v) is 28.6. The topological polar surface area (TPSA) is 95.9 Å². The summed E-state index contributed by atoms with van der Waals surface area (Å²) in [5.41, 5.74) is 0. The van der Waals surface area contributed by atoms with E-state index in [9.17, 15) is 19.8 Å². The molecule has 0 aromatic rings. The van der Waals surface area contributed by atoms with E-state index in [1.165, 1.54) is 238 Å². The van der Waals surface area contributed by atoms with Gasteiger partial charge in [0.05, 0.1) is 25.4 Å². The van der Waals surface area contributed by atoms with Crippen LogP contribution in [0.2, 0.25) is 0 Å². The summed E-state index contributed by atoms with van der Waals surface area (Å²) < 4.78 is 5.46. The first-order chi connectivity index (χ1) is 31.5. The van der Waals surface area contributed by atoms with E-state index in [1.54, 1.807) is 6.08 Å². The third kappa shape index (κ3) is 49.8. The molecule has 3 N–H and O–H groups in total. The molecule has 6 heteroatoms. The molecule has 0 saturated heterocycles. The van der Waals surface area contributed by atoms with Crippen LogP contribution in [0, 0.1) is 0 Å². The number of aliphatic hydroxyl groups excluding tert-OH is 2. The number of unbranched alkanes of at least 4 members (excludes halogenated alkanes) is 40. The number of hydrogen-bond donors (Lipinski definition) is 3. The summed E-state index contributed by atoms with van der Waals surface area (Å²) in [4.78, 5) is 24.4. The molecule has 0 rings (SSSR count). The van der Waals surface area contributed by atoms with Gasteiger partial charge in [-0.2, -0.15) is 0 Å². The van der Waals surface area contributed by atoms with Crippen LogP contribution >= 0.6 is 0 Å². The van der Waals surface area contributed by atoms with Crippen molar-refractivity contribution in [1.82, 2.24) is 5.32 Å². The lowest BCUT2D eigenvalue weighted by molar-refractivity contribution is -0.143. The molecular formula is C58H111NO5. The largest absolute Gasteiger partial charge is 0.466 e. The lowest BCUT2D eigenvalue weighted by Crippen LogP contribution is -2.45. The Morgan fingerprint density at radius 2 is 0.734 bits per heavy atom. The Balaban J connectivity index is 3.37. The molecule has 378 valence electrons. The molecule has 0 fully saturated rings. The number of ether oxygens (including phenoxy) is 1. The van der Waals surface area contributed by atoms with Gasteiger partial charge in [0.25, 0.3) is 0 Å². The second-order valence-corrected chi connectivity index (χ2v) is 19.6. The van der Waals surface area contributed by atoms with E-state index >= 15 is 0 Å². The summed E-state index contributed by atoms with van der Waals surface area (Å²) in [6.07, 6.45) is 64.9. The number of nitrogens with one attached hydrogen (secondary N) is 1. The van der Waals surface area contributed by atoms with E-state index < -0.39 is 12.1 Å². The smallest absolute Gasteiger partial charge is 0.305 e. The minimum atomic E-state index is -0.841. The van der Waals surface area contributed by atoms with Gasteiger partial charge in [-0.25, -0.2) is 0 Å². The molecule has 2 atom stereocenters. The Labute approximate surface area is 399 Å². The average molecular weight is 903 g/mol. The van der Waals surface area contributed by atoms with Crippen LogP contribution < -0.4 is 5.32 Å². The predicted molar refractivity (Wildman–Crippen MR) is 278 cm³/mol. The van der Waals surface area contributed by atoms with E-state index in [4.69, 9.17) is 4.74 Å². The van der Waals surface area contributed by atoms with E-state index in [2.05, 4.69) is 31.3 Å². The number of esters is 1. The Morgan fingerprint density at radius 3 is 1.14 bits per heavy atom. The summed E-state index contributed by atoms with van der Waals surface area (Å²) in [6.45, 7) is 4.87. The zero-order valence-corrected chi connectivity index (χ0v) is 43.0. The van der Waals surface area contributed by atoms with Crippen molar-refractivity contribution in [2.75, 3.05) is 13.2 Å². The number of hydrogen-bond acceptors (Lipinski definition) is 5. The molecule has 0 aromatic carbocycles. The molecule has 6 nitrogen and oxygen atoms in total.